The number of nitrogens with one attached hydrogen (secondary N) is 1. The van der Waals surface area contributed by atoms with E-state index in [2.05, 4.69) is 40.1 Å². The zero-order chi connectivity index (χ0) is 11.5. The molecule has 0 unspecified atom stereocenters. The van der Waals surface area contributed by atoms with Crippen LogP contribution < -0.4 is 10.2 Å². The maximum atomic E-state index is 4.52. The Labute approximate surface area is 97.3 Å². The SMILES string of the molecule is CNc1ccc(N2CCN(C)CC2)c(C)n1. The van der Waals surface area contributed by atoms with Crippen LogP contribution in [0, 0.1) is 6.92 Å². The van der Waals surface area contributed by atoms with Crippen LogP contribution in [-0.4, -0.2) is 50.2 Å². The van der Waals surface area contributed by atoms with E-state index in [0.29, 0.717) is 0 Å². The topological polar surface area (TPSA) is 31.4 Å². The molecular weight excluding hydrogens is 200 g/mol. The Kier molecular flexibility index (Phi) is 3.29. The van der Waals surface area contributed by atoms with Crippen molar-refractivity contribution in [3.8, 4) is 0 Å². The molecule has 1 saturated heterocycles. The number of hydrogen-bond acceptors (Lipinski definition) is 4. The molecule has 0 aliphatic carbocycles. The van der Waals surface area contributed by atoms with Gasteiger partial charge in [0.1, 0.15) is 5.82 Å². The molecule has 1 aliphatic rings. The van der Waals surface area contributed by atoms with Crippen LogP contribution in [-0.2, 0) is 0 Å². The molecule has 1 aromatic rings. The molecule has 0 spiro atoms. The lowest BCUT2D eigenvalue weighted by Gasteiger charge is -2.34. The lowest BCUT2D eigenvalue weighted by molar-refractivity contribution is 0.312. The van der Waals surface area contributed by atoms with Crippen molar-refractivity contribution in [3.05, 3.63) is 17.8 Å². The minimum absolute atomic E-state index is 0.940. The number of hydrogen-bond donors (Lipinski definition) is 1. The van der Waals surface area contributed by atoms with E-state index in [0.717, 1.165) is 37.7 Å². The second-order valence-electron chi connectivity index (χ2n) is 4.34. The molecule has 2 rings (SSSR count). The van der Waals surface area contributed by atoms with Gasteiger partial charge in [-0.25, -0.2) is 4.98 Å². The van der Waals surface area contributed by atoms with Crippen LogP contribution >= 0.6 is 0 Å². The molecule has 88 valence electrons. The minimum atomic E-state index is 0.940. The Morgan fingerprint density at radius 2 is 1.88 bits per heavy atom. The van der Waals surface area contributed by atoms with E-state index >= 15 is 0 Å². The number of nitrogens with zero attached hydrogens (tertiary/aromatic N) is 3. The molecule has 0 bridgehead atoms. The van der Waals surface area contributed by atoms with E-state index in [4.69, 9.17) is 0 Å². The predicted octanol–water partition coefficient (Wildman–Crippen LogP) is 1.18. The van der Waals surface area contributed by atoms with Crippen LogP contribution in [0.15, 0.2) is 12.1 Å². The first-order chi connectivity index (χ1) is 7.70. The molecule has 1 aromatic heterocycles. The van der Waals surface area contributed by atoms with Crippen LogP contribution in [0.4, 0.5) is 11.5 Å². The summed E-state index contributed by atoms with van der Waals surface area (Å²) in [6.45, 7) is 6.53. The fraction of sp³-hybridized carbons (Fsp3) is 0.583. The van der Waals surface area contributed by atoms with E-state index in [9.17, 15) is 0 Å². The number of rotatable bonds is 2. The maximum Gasteiger partial charge on any atom is 0.126 e. The van der Waals surface area contributed by atoms with Gasteiger partial charge in [0.2, 0.25) is 0 Å². The summed E-state index contributed by atoms with van der Waals surface area (Å²) in [5.74, 6) is 0.940. The lowest BCUT2D eigenvalue weighted by atomic mass is 10.2. The number of aromatic nitrogens is 1. The lowest BCUT2D eigenvalue weighted by Crippen LogP contribution is -2.44. The Morgan fingerprint density at radius 3 is 2.44 bits per heavy atom. The molecule has 0 saturated carbocycles. The van der Waals surface area contributed by atoms with Crippen molar-refractivity contribution in [3.63, 3.8) is 0 Å². The Hall–Kier alpha value is -1.29. The summed E-state index contributed by atoms with van der Waals surface area (Å²) in [5.41, 5.74) is 2.38. The van der Waals surface area contributed by atoms with Crippen LogP contribution in [0.5, 0.6) is 0 Å². The Morgan fingerprint density at radius 1 is 1.19 bits per heavy atom. The first-order valence-corrected chi connectivity index (χ1v) is 5.79. The molecule has 1 N–H and O–H groups in total. The highest BCUT2D eigenvalue weighted by Gasteiger charge is 2.16. The van der Waals surface area contributed by atoms with Crippen LogP contribution in [0.2, 0.25) is 0 Å². The summed E-state index contributed by atoms with van der Waals surface area (Å²) in [6.07, 6.45) is 0. The molecule has 1 aliphatic heterocycles. The average molecular weight is 220 g/mol. The van der Waals surface area contributed by atoms with Gasteiger partial charge in [-0.15, -0.1) is 0 Å². The second-order valence-corrected chi connectivity index (χ2v) is 4.34. The molecule has 0 aromatic carbocycles. The summed E-state index contributed by atoms with van der Waals surface area (Å²) in [4.78, 5) is 9.30. The van der Waals surface area contributed by atoms with Gasteiger partial charge in [0, 0.05) is 33.2 Å². The van der Waals surface area contributed by atoms with Gasteiger partial charge < -0.3 is 15.1 Å². The summed E-state index contributed by atoms with van der Waals surface area (Å²) >= 11 is 0. The summed E-state index contributed by atoms with van der Waals surface area (Å²) in [7, 11) is 4.07. The molecule has 0 atom stereocenters. The molecule has 0 radical (unpaired) electrons. The van der Waals surface area contributed by atoms with E-state index in [1.54, 1.807) is 0 Å². The highest BCUT2D eigenvalue weighted by Crippen LogP contribution is 2.21. The highest BCUT2D eigenvalue weighted by molar-refractivity contribution is 5.54. The normalized spacial score (nSPS) is 17.6. The standard InChI is InChI=1S/C12H20N4/c1-10-11(4-5-12(13-2)14-10)16-8-6-15(3)7-9-16/h4-5H,6-9H2,1-3H3,(H,13,14). The predicted molar refractivity (Wildman–Crippen MR) is 68.2 cm³/mol. The second kappa shape index (κ2) is 4.70. The van der Waals surface area contributed by atoms with Gasteiger partial charge >= 0.3 is 0 Å². The number of pyridine rings is 1. The molecule has 4 nitrogen and oxygen atoms in total. The van der Waals surface area contributed by atoms with Gasteiger partial charge in [-0.2, -0.15) is 0 Å². The number of likely N-dealkylation sites (N-methyl/N-ethyl adjacent to an activating group) is 1. The molecular formula is C12H20N4. The van der Waals surface area contributed by atoms with Gasteiger partial charge in [-0.1, -0.05) is 0 Å². The molecule has 0 amide bonds. The molecule has 2 heterocycles. The number of aryl methyl sites for hydroxylation is 1. The third-order valence-electron chi connectivity index (χ3n) is 3.16. The molecule has 4 heteroatoms. The summed E-state index contributed by atoms with van der Waals surface area (Å²) in [6, 6.07) is 4.21. The van der Waals surface area contributed by atoms with Crippen LogP contribution in [0.25, 0.3) is 0 Å². The van der Waals surface area contributed by atoms with Gasteiger partial charge in [0.15, 0.2) is 0 Å². The third kappa shape index (κ3) is 2.27. The fourth-order valence-corrected chi connectivity index (χ4v) is 2.07. The zero-order valence-corrected chi connectivity index (χ0v) is 10.3. The van der Waals surface area contributed by atoms with Crippen molar-refractivity contribution in [1.82, 2.24) is 9.88 Å². The number of anilines is 2. The minimum Gasteiger partial charge on any atom is -0.373 e. The number of piperazine rings is 1. The van der Waals surface area contributed by atoms with Gasteiger partial charge in [0.25, 0.3) is 0 Å². The van der Waals surface area contributed by atoms with Crippen molar-refractivity contribution in [2.75, 3.05) is 50.5 Å². The summed E-state index contributed by atoms with van der Waals surface area (Å²) in [5, 5.41) is 3.07. The highest BCUT2D eigenvalue weighted by atomic mass is 15.3. The Bertz CT molecular complexity index is 356. The van der Waals surface area contributed by atoms with E-state index in [-0.39, 0.29) is 0 Å². The van der Waals surface area contributed by atoms with E-state index in [1.807, 2.05) is 13.1 Å². The van der Waals surface area contributed by atoms with Gasteiger partial charge in [0.05, 0.1) is 11.4 Å². The van der Waals surface area contributed by atoms with E-state index in [1.165, 1.54) is 5.69 Å². The third-order valence-corrected chi connectivity index (χ3v) is 3.16. The van der Waals surface area contributed by atoms with Crippen molar-refractivity contribution in [1.29, 1.82) is 0 Å². The van der Waals surface area contributed by atoms with Crippen molar-refractivity contribution >= 4 is 11.5 Å². The maximum absolute atomic E-state index is 4.52. The van der Waals surface area contributed by atoms with Crippen molar-refractivity contribution in [2.45, 2.75) is 6.92 Å². The van der Waals surface area contributed by atoms with Gasteiger partial charge in [-0.3, -0.25) is 0 Å². The summed E-state index contributed by atoms with van der Waals surface area (Å²) < 4.78 is 0. The van der Waals surface area contributed by atoms with Crippen LogP contribution in [0.1, 0.15) is 5.69 Å². The Balaban J connectivity index is 2.14. The quantitative estimate of drug-likeness (QED) is 0.811. The molecule has 1 fully saturated rings. The van der Waals surface area contributed by atoms with Crippen LogP contribution in [0.3, 0.4) is 0 Å². The van der Waals surface area contributed by atoms with E-state index < -0.39 is 0 Å². The van der Waals surface area contributed by atoms with Gasteiger partial charge in [-0.05, 0) is 26.1 Å². The molecule has 16 heavy (non-hydrogen) atoms. The fourth-order valence-electron chi connectivity index (χ4n) is 2.07. The monoisotopic (exact) mass is 220 g/mol. The average Bonchev–Trinajstić information content (AvgIpc) is 2.30. The first kappa shape index (κ1) is 11.2. The zero-order valence-electron chi connectivity index (χ0n) is 10.3. The van der Waals surface area contributed by atoms with Crippen molar-refractivity contribution < 1.29 is 0 Å². The largest absolute Gasteiger partial charge is 0.373 e. The smallest absolute Gasteiger partial charge is 0.126 e. The van der Waals surface area contributed by atoms with Crippen molar-refractivity contribution in [2.24, 2.45) is 0 Å². The first-order valence-electron chi connectivity index (χ1n) is 5.79.